The van der Waals surface area contributed by atoms with E-state index in [9.17, 15) is 18.0 Å². The fraction of sp³-hybridized carbons (Fsp3) is 0.300. The van der Waals surface area contributed by atoms with Gasteiger partial charge in [0.25, 0.3) is 6.43 Å². The van der Waals surface area contributed by atoms with Gasteiger partial charge in [0.15, 0.2) is 5.43 Å². The first-order chi connectivity index (χ1) is 13.0. The molecule has 1 aromatic carbocycles. The molecule has 7 heteroatoms. The molecule has 1 aliphatic rings. The van der Waals surface area contributed by atoms with Crippen LogP contribution in [0.3, 0.4) is 0 Å². The van der Waals surface area contributed by atoms with Crippen molar-refractivity contribution in [2.45, 2.75) is 38.3 Å². The Bertz CT molecular complexity index is 954. The summed E-state index contributed by atoms with van der Waals surface area (Å²) in [7, 11) is 0. The van der Waals surface area contributed by atoms with Crippen molar-refractivity contribution in [3.8, 4) is 0 Å². The van der Waals surface area contributed by atoms with Gasteiger partial charge in [0.2, 0.25) is 0 Å². The summed E-state index contributed by atoms with van der Waals surface area (Å²) < 4.78 is 37.4. The Kier molecular flexibility index (Phi) is 6.24. The number of aromatic amines is 1. The highest BCUT2D eigenvalue weighted by Gasteiger charge is 2.17. The summed E-state index contributed by atoms with van der Waals surface area (Å²) >= 11 is 0. The van der Waals surface area contributed by atoms with Crippen LogP contribution in [0.2, 0.25) is 0 Å². The van der Waals surface area contributed by atoms with Crippen LogP contribution in [0, 0.1) is 5.82 Å². The average Bonchev–Trinajstić information content (AvgIpc) is 2.62. The quantitative estimate of drug-likeness (QED) is 0.714. The highest BCUT2D eigenvalue weighted by Crippen LogP contribution is 2.23. The van der Waals surface area contributed by atoms with Crippen LogP contribution in [0.15, 0.2) is 53.7 Å². The number of pyridine rings is 2. The van der Waals surface area contributed by atoms with Gasteiger partial charge in [-0.25, -0.2) is 13.2 Å². The zero-order chi connectivity index (χ0) is 19.2. The maximum absolute atomic E-state index is 13.8. The van der Waals surface area contributed by atoms with Crippen molar-refractivity contribution < 1.29 is 13.2 Å². The van der Waals surface area contributed by atoms with Crippen molar-refractivity contribution in [3.63, 3.8) is 0 Å². The SMILES string of the molecule is Fc1ccc2cnccc2c1CNC1CCC1.O=c1cc[nH]c(C(F)F)c1. The van der Waals surface area contributed by atoms with Crippen molar-refractivity contribution in [3.05, 3.63) is 76.2 Å². The van der Waals surface area contributed by atoms with Gasteiger partial charge in [-0.15, -0.1) is 0 Å². The Morgan fingerprint density at radius 3 is 2.67 bits per heavy atom. The van der Waals surface area contributed by atoms with E-state index in [4.69, 9.17) is 0 Å². The molecule has 0 amide bonds. The predicted octanol–water partition coefficient (Wildman–Crippen LogP) is 4.33. The molecule has 0 bridgehead atoms. The molecule has 0 radical (unpaired) electrons. The van der Waals surface area contributed by atoms with Crippen LogP contribution in [0.1, 0.15) is 36.9 Å². The first-order valence-corrected chi connectivity index (χ1v) is 8.76. The number of halogens is 3. The third-order valence-electron chi connectivity index (χ3n) is 4.58. The van der Waals surface area contributed by atoms with E-state index in [-0.39, 0.29) is 11.5 Å². The van der Waals surface area contributed by atoms with E-state index in [0.717, 1.165) is 22.4 Å². The summed E-state index contributed by atoms with van der Waals surface area (Å²) in [4.78, 5) is 16.8. The van der Waals surface area contributed by atoms with Crippen LogP contribution >= 0.6 is 0 Å². The lowest BCUT2D eigenvalue weighted by molar-refractivity contribution is 0.146. The topological polar surface area (TPSA) is 57.8 Å². The Morgan fingerprint density at radius 2 is 2.04 bits per heavy atom. The van der Waals surface area contributed by atoms with Crippen LogP contribution in [0.25, 0.3) is 10.8 Å². The molecule has 1 saturated carbocycles. The Balaban J connectivity index is 0.000000180. The lowest BCUT2D eigenvalue weighted by Crippen LogP contribution is -2.34. The highest BCUT2D eigenvalue weighted by molar-refractivity contribution is 5.84. The molecule has 0 aliphatic heterocycles. The van der Waals surface area contributed by atoms with Gasteiger partial charge < -0.3 is 10.3 Å². The number of aromatic nitrogens is 2. The van der Waals surface area contributed by atoms with Crippen molar-refractivity contribution in [1.29, 1.82) is 0 Å². The van der Waals surface area contributed by atoms with Gasteiger partial charge in [-0.2, -0.15) is 0 Å². The summed E-state index contributed by atoms with van der Waals surface area (Å²) in [6, 6.07) is 7.84. The minimum Gasteiger partial charge on any atom is -0.360 e. The molecule has 1 aliphatic carbocycles. The zero-order valence-corrected chi connectivity index (χ0v) is 14.6. The van der Waals surface area contributed by atoms with Crippen molar-refractivity contribution in [2.24, 2.45) is 0 Å². The third-order valence-corrected chi connectivity index (χ3v) is 4.58. The Labute approximate surface area is 154 Å². The second-order valence-electron chi connectivity index (χ2n) is 6.41. The van der Waals surface area contributed by atoms with Gasteiger partial charge in [0.05, 0.1) is 5.69 Å². The van der Waals surface area contributed by atoms with E-state index in [2.05, 4.69) is 15.3 Å². The number of H-pyrrole nitrogens is 1. The van der Waals surface area contributed by atoms with Gasteiger partial charge in [0.1, 0.15) is 5.82 Å². The minimum atomic E-state index is -2.60. The van der Waals surface area contributed by atoms with Crippen molar-refractivity contribution in [2.75, 3.05) is 0 Å². The molecule has 0 unspecified atom stereocenters. The summed E-state index contributed by atoms with van der Waals surface area (Å²) in [6.45, 7) is 0.609. The summed E-state index contributed by atoms with van der Waals surface area (Å²) in [5.41, 5.74) is 0.0124. The Morgan fingerprint density at radius 1 is 1.22 bits per heavy atom. The second-order valence-corrected chi connectivity index (χ2v) is 6.41. The Hall–Kier alpha value is -2.67. The number of hydrogen-bond donors (Lipinski definition) is 2. The summed E-state index contributed by atoms with van der Waals surface area (Å²) in [5.74, 6) is -0.129. The molecule has 2 aromatic heterocycles. The number of alkyl halides is 2. The average molecular weight is 375 g/mol. The lowest BCUT2D eigenvalue weighted by atomic mass is 9.93. The van der Waals surface area contributed by atoms with Gasteiger partial charge >= 0.3 is 0 Å². The van der Waals surface area contributed by atoms with Crippen LogP contribution in [0.5, 0.6) is 0 Å². The smallest absolute Gasteiger partial charge is 0.278 e. The normalized spacial score (nSPS) is 13.9. The zero-order valence-electron chi connectivity index (χ0n) is 14.6. The van der Waals surface area contributed by atoms with E-state index in [0.29, 0.717) is 12.6 Å². The standard InChI is InChI=1S/C14H15FN2.C6H5F2NO/c15-14-5-4-10-8-16-7-6-12(10)13(14)9-17-11-2-1-3-11;7-6(8)5-3-4(10)1-2-9-5/h4-8,11,17H,1-3,9H2;1-3,6H,(H,9,10). The third kappa shape index (κ3) is 4.95. The van der Waals surface area contributed by atoms with Gasteiger partial charge in [0, 0.05) is 54.3 Å². The molecule has 2 heterocycles. The van der Waals surface area contributed by atoms with E-state index >= 15 is 0 Å². The minimum absolute atomic E-state index is 0.129. The number of hydrogen-bond acceptors (Lipinski definition) is 3. The second kappa shape index (κ2) is 8.81. The van der Waals surface area contributed by atoms with E-state index in [1.165, 1.54) is 37.6 Å². The summed E-state index contributed by atoms with van der Waals surface area (Å²) in [6.07, 6.45) is 5.82. The number of fused-ring (bicyclic) bond motifs is 1. The first-order valence-electron chi connectivity index (χ1n) is 8.76. The fourth-order valence-corrected chi connectivity index (χ4v) is 2.83. The number of benzene rings is 1. The number of rotatable bonds is 4. The van der Waals surface area contributed by atoms with Gasteiger partial charge in [-0.05, 0) is 36.4 Å². The van der Waals surface area contributed by atoms with Crippen LogP contribution in [-0.2, 0) is 6.54 Å². The van der Waals surface area contributed by atoms with Crippen molar-refractivity contribution in [1.82, 2.24) is 15.3 Å². The summed E-state index contributed by atoms with van der Waals surface area (Å²) in [5, 5.41) is 5.37. The van der Waals surface area contributed by atoms with Gasteiger partial charge in [-0.1, -0.05) is 6.42 Å². The maximum Gasteiger partial charge on any atom is 0.278 e. The molecule has 4 nitrogen and oxygen atoms in total. The molecule has 0 atom stereocenters. The molecule has 0 spiro atoms. The molecule has 27 heavy (non-hydrogen) atoms. The number of nitrogens with zero attached hydrogens (tertiary/aromatic N) is 1. The van der Waals surface area contributed by atoms with E-state index in [1.807, 2.05) is 6.07 Å². The molecular weight excluding hydrogens is 355 g/mol. The van der Waals surface area contributed by atoms with Crippen molar-refractivity contribution >= 4 is 10.8 Å². The largest absolute Gasteiger partial charge is 0.360 e. The van der Waals surface area contributed by atoms with Gasteiger partial charge in [-0.3, -0.25) is 9.78 Å². The molecule has 1 fully saturated rings. The fourth-order valence-electron chi connectivity index (χ4n) is 2.83. The van der Waals surface area contributed by atoms with Crippen LogP contribution in [0.4, 0.5) is 13.2 Å². The molecule has 0 saturated heterocycles. The van der Waals surface area contributed by atoms with E-state index < -0.39 is 11.9 Å². The number of nitrogens with one attached hydrogen (secondary N) is 2. The molecule has 4 rings (SSSR count). The van der Waals surface area contributed by atoms with Crippen LogP contribution < -0.4 is 10.7 Å². The maximum atomic E-state index is 13.8. The first kappa shape index (κ1) is 19.1. The molecule has 142 valence electrons. The highest BCUT2D eigenvalue weighted by atomic mass is 19.3. The molecule has 2 N–H and O–H groups in total. The molecular formula is C20H20F3N3O. The monoisotopic (exact) mass is 375 g/mol. The van der Waals surface area contributed by atoms with E-state index in [1.54, 1.807) is 18.5 Å². The molecule has 3 aromatic rings. The van der Waals surface area contributed by atoms with Crippen LogP contribution in [-0.4, -0.2) is 16.0 Å². The lowest BCUT2D eigenvalue weighted by Gasteiger charge is -2.26. The predicted molar refractivity (Wildman–Crippen MR) is 98.2 cm³/mol.